The summed E-state index contributed by atoms with van der Waals surface area (Å²) in [5.41, 5.74) is 1.56. The molecule has 7 heteroatoms. The van der Waals surface area contributed by atoms with Gasteiger partial charge in [0, 0.05) is 25.4 Å². The Labute approximate surface area is 130 Å². The molecule has 106 valence electrons. The summed E-state index contributed by atoms with van der Waals surface area (Å²) in [6, 6.07) is 1.72. The zero-order valence-corrected chi connectivity index (χ0v) is 13.2. The molecule has 3 heterocycles. The van der Waals surface area contributed by atoms with Crippen LogP contribution in [0, 0.1) is 0 Å². The lowest BCUT2D eigenvalue weighted by Crippen LogP contribution is -2.30. The van der Waals surface area contributed by atoms with Gasteiger partial charge in [-0.05, 0) is 18.9 Å². The third-order valence-electron chi connectivity index (χ3n) is 3.51. The zero-order valence-electron chi connectivity index (χ0n) is 10.8. The number of hydrogen-bond acceptors (Lipinski definition) is 3. The van der Waals surface area contributed by atoms with Crippen LogP contribution in [0.4, 0.5) is 0 Å². The van der Waals surface area contributed by atoms with Crippen LogP contribution in [0.1, 0.15) is 34.8 Å². The van der Waals surface area contributed by atoms with Gasteiger partial charge in [-0.2, -0.15) is 5.10 Å². The summed E-state index contributed by atoms with van der Waals surface area (Å²) in [6.07, 6.45) is 5.71. The number of aromatic nitrogens is 2. The molecule has 0 unspecified atom stereocenters. The van der Waals surface area contributed by atoms with Crippen LogP contribution in [0.15, 0.2) is 18.5 Å². The van der Waals surface area contributed by atoms with Gasteiger partial charge in [-0.25, -0.2) is 0 Å². The Morgan fingerprint density at radius 1 is 1.50 bits per heavy atom. The molecule has 1 amide bonds. The lowest BCUT2D eigenvalue weighted by Gasteiger charge is -2.23. The van der Waals surface area contributed by atoms with Gasteiger partial charge >= 0.3 is 0 Å². The lowest BCUT2D eigenvalue weighted by molar-refractivity contribution is 0.0736. The van der Waals surface area contributed by atoms with Gasteiger partial charge in [0.2, 0.25) is 0 Å². The molecule has 1 atom stereocenters. The molecule has 1 aliphatic heterocycles. The maximum Gasteiger partial charge on any atom is 0.256 e. The summed E-state index contributed by atoms with van der Waals surface area (Å²) in [7, 11) is 1.88. The summed E-state index contributed by atoms with van der Waals surface area (Å²) < 4.78 is 2.75. The van der Waals surface area contributed by atoms with E-state index in [-0.39, 0.29) is 11.9 Å². The number of carbonyl (C=O) groups is 1. The van der Waals surface area contributed by atoms with Crippen LogP contribution in [0.5, 0.6) is 0 Å². The highest BCUT2D eigenvalue weighted by atomic mass is 35.5. The summed E-state index contributed by atoms with van der Waals surface area (Å²) in [6.45, 7) is 0.738. The minimum absolute atomic E-state index is 0.0514. The van der Waals surface area contributed by atoms with Gasteiger partial charge in [0.1, 0.15) is 4.34 Å². The summed E-state index contributed by atoms with van der Waals surface area (Å²) in [4.78, 5) is 14.5. The highest BCUT2D eigenvalue weighted by molar-refractivity contribution is 7.20. The maximum atomic E-state index is 12.6. The second kappa shape index (κ2) is 5.39. The fraction of sp³-hybridized carbons (Fsp3) is 0.385. The lowest BCUT2D eigenvalue weighted by atomic mass is 10.1. The van der Waals surface area contributed by atoms with Gasteiger partial charge in [0.15, 0.2) is 0 Å². The molecule has 4 nitrogen and oxygen atoms in total. The van der Waals surface area contributed by atoms with Crippen LogP contribution in [-0.4, -0.2) is 27.1 Å². The first kappa shape index (κ1) is 13.9. The highest BCUT2D eigenvalue weighted by Gasteiger charge is 2.32. The fourth-order valence-corrected chi connectivity index (χ4v) is 4.06. The van der Waals surface area contributed by atoms with Crippen molar-refractivity contribution in [3.8, 4) is 0 Å². The van der Waals surface area contributed by atoms with E-state index in [0.717, 1.165) is 24.9 Å². The summed E-state index contributed by atoms with van der Waals surface area (Å²) >= 11 is 13.2. The predicted octanol–water partition coefficient (Wildman–Crippen LogP) is 3.77. The molecule has 0 aromatic carbocycles. The van der Waals surface area contributed by atoms with E-state index < -0.39 is 0 Å². The first-order chi connectivity index (χ1) is 9.56. The molecule has 20 heavy (non-hydrogen) atoms. The van der Waals surface area contributed by atoms with E-state index in [2.05, 4.69) is 5.10 Å². The first-order valence-corrected chi connectivity index (χ1v) is 7.88. The number of halogens is 2. The Balaban J connectivity index is 1.89. The Hall–Kier alpha value is -1.04. The van der Waals surface area contributed by atoms with Gasteiger partial charge in [0.05, 0.1) is 22.1 Å². The quantitative estimate of drug-likeness (QED) is 0.841. The third kappa shape index (κ3) is 2.45. The second-order valence-electron chi connectivity index (χ2n) is 4.84. The van der Waals surface area contributed by atoms with Gasteiger partial charge in [-0.3, -0.25) is 9.48 Å². The molecular weight excluding hydrogens is 317 g/mol. The van der Waals surface area contributed by atoms with Crippen molar-refractivity contribution in [2.45, 2.75) is 18.9 Å². The SMILES string of the molecule is Cn1cc([C@@H]2CCCN2C(=O)c2cc(Cl)sc2Cl)cn1. The van der Waals surface area contributed by atoms with Crippen LogP contribution in [0.2, 0.25) is 8.67 Å². The average Bonchev–Trinajstić information content (AvgIpc) is 3.08. The molecule has 0 radical (unpaired) electrons. The molecule has 0 spiro atoms. The predicted molar refractivity (Wildman–Crippen MR) is 80.6 cm³/mol. The van der Waals surface area contributed by atoms with Crippen molar-refractivity contribution in [3.05, 3.63) is 38.3 Å². The Bertz CT molecular complexity index is 652. The van der Waals surface area contributed by atoms with Crippen LogP contribution >= 0.6 is 34.5 Å². The summed E-state index contributed by atoms with van der Waals surface area (Å²) in [5, 5.41) is 4.18. The summed E-state index contributed by atoms with van der Waals surface area (Å²) in [5.74, 6) is -0.0514. The molecular formula is C13H13Cl2N3OS. The topological polar surface area (TPSA) is 38.1 Å². The normalized spacial score (nSPS) is 18.8. The molecule has 0 N–H and O–H groups in total. The van der Waals surface area contributed by atoms with Crippen LogP contribution in [0.25, 0.3) is 0 Å². The Morgan fingerprint density at radius 2 is 2.30 bits per heavy atom. The van der Waals surface area contributed by atoms with Crippen molar-refractivity contribution < 1.29 is 4.79 Å². The Kier molecular flexibility index (Phi) is 3.75. The van der Waals surface area contributed by atoms with Crippen molar-refractivity contribution >= 4 is 40.4 Å². The number of amides is 1. The standard InChI is InChI=1S/C13H13Cl2N3OS/c1-17-7-8(6-16-17)10-3-2-4-18(10)13(19)9-5-11(14)20-12(9)15/h5-7,10H,2-4H2,1H3/t10-/m0/s1. The van der Waals surface area contributed by atoms with E-state index in [4.69, 9.17) is 23.2 Å². The molecule has 2 aromatic rings. The van der Waals surface area contributed by atoms with Crippen molar-refractivity contribution in [2.75, 3.05) is 6.54 Å². The van der Waals surface area contributed by atoms with E-state index >= 15 is 0 Å². The number of carbonyl (C=O) groups excluding carboxylic acids is 1. The minimum Gasteiger partial charge on any atom is -0.331 e. The molecule has 0 aliphatic carbocycles. The number of hydrogen-bond donors (Lipinski definition) is 0. The highest BCUT2D eigenvalue weighted by Crippen LogP contribution is 2.37. The van der Waals surface area contributed by atoms with Crippen molar-refractivity contribution in [1.82, 2.24) is 14.7 Å². The van der Waals surface area contributed by atoms with E-state index in [0.29, 0.717) is 14.2 Å². The van der Waals surface area contributed by atoms with Gasteiger partial charge in [-0.15, -0.1) is 11.3 Å². The van der Waals surface area contributed by atoms with Crippen LogP contribution in [-0.2, 0) is 7.05 Å². The Morgan fingerprint density at radius 3 is 2.90 bits per heavy atom. The number of aryl methyl sites for hydroxylation is 1. The number of rotatable bonds is 2. The molecule has 1 fully saturated rings. The first-order valence-electron chi connectivity index (χ1n) is 6.30. The monoisotopic (exact) mass is 329 g/mol. The zero-order chi connectivity index (χ0) is 14.3. The average molecular weight is 330 g/mol. The minimum atomic E-state index is -0.0514. The molecule has 1 saturated heterocycles. The maximum absolute atomic E-state index is 12.6. The number of likely N-dealkylation sites (tertiary alicyclic amines) is 1. The van der Waals surface area contributed by atoms with Crippen molar-refractivity contribution in [2.24, 2.45) is 7.05 Å². The van der Waals surface area contributed by atoms with E-state index in [1.54, 1.807) is 10.7 Å². The molecule has 1 aliphatic rings. The van der Waals surface area contributed by atoms with Gasteiger partial charge in [0.25, 0.3) is 5.91 Å². The van der Waals surface area contributed by atoms with Crippen molar-refractivity contribution in [1.29, 1.82) is 0 Å². The molecule has 3 rings (SSSR count). The van der Waals surface area contributed by atoms with Crippen LogP contribution < -0.4 is 0 Å². The number of thiophene rings is 1. The third-order valence-corrected chi connectivity index (χ3v) is 5.00. The van der Waals surface area contributed by atoms with Crippen molar-refractivity contribution in [3.63, 3.8) is 0 Å². The molecule has 2 aromatic heterocycles. The molecule has 0 saturated carbocycles. The van der Waals surface area contributed by atoms with E-state index in [9.17, 15) is 4.79 Å². The largest absolute Gasteiger partial charge is 0.331 e. The smallest absolute Gasteiger partial charge is 0.256 e. The number of nitrogens with zero attached hydrogens (tertiary/aromatic N) is 3. The van der Waals surface area contributed by atoms with Gasteiger partial charge in [-0.1, -0.05) is 23.2 Å². The van der Waals surface area contributed by atoms with Gasteiger partial charge < -0.3 is 4.90 Å². The molecule has 0 bridgehead atoms. The fourth-order valence-electron chi connectivity index (χ4n) is 2.61. The second-order valence-corrected chi connectivity index (χ2v) is 7.13. The van der Waals surface area contributed by atoms with E-state index in [1.807, 2.05) is 24.3 Å². The van der Waals surface area contributed by atoms with E-state index in [1.165, 1.54) is 11.3 Å². The van der Waals surface area contributed by atoms with Crippen LogP contribution in [0.3, 0.4) is 0 Å².